The summed E-state index contributed by atoms with van der Waals surface area (Å²) < 4.78 is 5.37. The molecule has 0 aliphatic carbocycles. The summed E-state index contributed by atoms with van der Waals surface area (Å²) in [6, 6.07) is 16.5. The summed E-state index contributed by atoms with van der Waals surface area (Å²) in [6.07, 6.45) is 0.124. The van der Waals surface area contributed by atoms with Crippen LogP contribution < -0.4 is 10.6 Å². The van der Waals surface area contributed by atoms with E-state index in [1.54, 1.807) is 24.0 Å². The fraction of sp³-hybridized carbons (Fsp3) is 0.348. The number of rotatable bonds is 5. The maximum absolute atomic E-state index is 12.5. The summed E-state index contributed by atoms with van der Waals surface area (Å²) in [7, 11) is 0. The number of carbonyl (C=O) groups excluding carboxylic acids is 3. The van der Waals surface area contributed by atoms with E-state index in [2.05, 4.69) is 10.6 Å². The SMILES string of the molecule is Cc1ccc(NC(=O)[C@H](C)OC(=O)C2CCN(C(=O)Nc3ccccc3)CC2)cc1. The number of hydrogen-bond donors (Lipinski definition) is 2. The summed E-state index contributed by atoms with van der Waals surface area (Å²) in [5.41, 5.74) is 2.49. The first-order valence-corrected chi connectivity index (χ1v) is 10.1. The van der Waals surface area contributed by atoms with Crippen molar-refractivity contribution in [3.05, 3.63) is 60.2 Å². The summed E-state index contributed by atoms with van der Waals surface area (Å²) in [5, 5.41) is 5.59. The Morgan fingerprint density at radius 1 is 0.933 bits per heavy atom. The molecule has 0 radical (unpaired) electrons. The number of nitrogens with one attached hydrogen (secondary N) is 2. The van der Waals surface area contributed by atoms with Crippen LogP contribution in [-0.2, 0) is 14.3 Å². The summed E-state index contributed by atoms with van der Waals surface area (Å²) in [5.74, 6) is -1.09. The van der Waals surface area contributed by atoms with E-state index in [9.17, 15) is 14.4 Å². The third-order valence-electron chi connectivity index (χ3n) is 5.12. The predicted octanol–water partition coefficient (Wildman–Crippen LogP) is 3.81. The number of hydrogen-bond acceptors (Lipinski definition) is 4. The fourth-order valence-corrected chi connectivity index (χ4v) is 3.25. The quantitative estimate of drug-likeness (QED) is 0.735. The number of anilines is 2. The Labute approximate surface area is 176 Å². The number of para-hydroxylation sites is 1. The molecule has 0 bridgehead atoms. The number of likely N-dealkylation sites (tertiary alicyclic amines) is 1. The molecule has 1 saturated heterocycles. The molecule has 7 heteroatoms. The molecule has 158 valence electrons. The van der Waals surface area contributed by atoms with Gasteiger partial charge in [-0.25, -0.2) is 4.79 Å². The van der Waals surface area contributed by atoms with Crippen molar-refractivity contribution in [2.24, 2.45) is 5.92 Å². The smallest absolute Gasteiger partial charge is 0.321 e. The lowest BCUT2D eigenvalue weighted by Gasteiger charge is -2.31. The molecule has 1 aliphatic rings. The lowest BCUT2D eigenvalue weighted by atomic mass is 9.97. The molecule has 1 atom stereocenters. The molecule has 0 spiro atoms. The molecule has 0 aromatic heterocycles. The van der Waals surface area contributed by atoms with Crippen LogP contribution in [0.5, 0.6) is 0 Å². The highest BCUT2D eigenvalue weighted by molar-refractivity contribution is 5.95. The van der Waals surface area contributed by atoms with Crippen molar-refractivity contribution in [3.63, 3.8) is 0 Å². The molecule has 3 rings (SSSR count). The zero-order valence-corrected chi connectivity index (χ0v) is 17.3. The fourth-order valence-electron chi connectivity index (χ4n) is 3.25. The number of ether oxygens (including phenoxy) is 1. The van der Waals surface area contributed by atoms with Gasteiger partial charge in [-0.15, -0.1) is 0 Å². The van der Waals surface area contributed by atoms with Gasteiger partial charge >= 0.3 is 12.0 Å². The van der Waals surface area contributed by atoms with Gasteiger partial charge in [-0.3, -0.25) is 9.59 Å². The van der Waals surface area contributed by atoms with Gasteiger partial charge in [0.25, 0.3) is 5.91 Å². The molecule has 2 aromatic carbocycles. The van der Waals surface area contributed by atoms with E-state index >= 15 is 0 Å². The third-order valence-corrected chi connectivity index (χ3v) is 5.12. The first-order valence-electron chi connectivity index (χ1n) is 10.1. The summed E-state index contributed by atoms with van der Waals surface area (Å²) in [6.45, 7) is 4.45. The van der Waals surface area contributed by atoms with Crippen LogP contribution in [-0.4, -0.2) is 42.0 Å². The van der Waals surface area contributed by atoms with Crippen LogP contribution in [0.4, 0.5) is 16.2 Å². The first kappa shape index (κ1) is 21.4. The van der Waals surface area contributed by atoms with E-state index in [1.165, 1.54) is 0 Å². The second kappa shape index (κ2) is 9.91. The van der Waals surface area contributed by atoms with Crippen LogP contribution >= 0.6 is 0 Å². The molecular weight excluding hydrogens is 382 g/mol. The minimum absolute atomic E-state index is 0.182. The number of amides is 3. The molecule has 1 heterocycles. The van der Waals surface area contributed by atoms with Crippen LogP contribution in [0.3, 0.4) is 0 Å². The number of urea groups is 1. The zero-order chi connectivity index (χ0) is 21.5. The molecule has 0 saturated carbocycles. The first-order chi connectivity index (χ1) is 14.4. The monoisotopic (exact) mass is 409 g/mol. The molecule has 1 aliphatic heterocycles. The van der Waals surface area contributed by atoms with Gasteiger partial charge in [0.15, 0.2) is 6.10 Å². The maximum Gasteiger partial charge on any atom is 0.321 e. The van der Waals surface area contributed by atoms with Crippen molar-refractivity contribution < 1.29 is 19.1 Å². The number of carbonyl (C=O) groups is 3. The Balaban J connectivity index is 1.43. The highest BCUT2D eigenvalue weighted by Gasteiger charge is 2.30. The van der Waals surface area contributed by atoms with Crippen LogP contribution in [0, 0.1) is 12.8 Å². The van der Waals surface area contributed by atoms with Crippen LogP contribution in [0.1, 0.15) is 25.3 Å². The van der Waals surface area contributed by atoms with Crippen LogP contribution in [0.2, 0.25) is 0 Å². The minimum atomic E-state index is -0.891. The second-order valence-electron chi connectivity index (χ2n) is 7.49. The standard InChI is InChI=1S/C23H27N3O4/c1-16-8-10-20(11-9-16)24-21(27)17(2)30-22(28)18-12-14-26(15-13-18)23(29)25-19-6-4-3-5-7-19/h3-11,17-18H,12-15H2,1-2H3,(H,24,27)(H,25,29)/t17-/m0/s1. The average Bonchev–Trinajstić information content (AvgIpc) is 2.76. The van der Waals surface area contributed by atoms with E-state index in [0.717, 1.165) is 11.3 Å². The molecule has 1 fully saturated rings. The Morgan fingerprint density at radius 2 is 1.53 bits per heavy atom. The Hall–Kier alpha value is -3.35. The Kier molecular flexibility index (Phi) is 7.06. The lowest BCUT2D eigenvalue weighted by Crippen LogP contribution is -2.43. The van der Waals surface area contributed by atoms with E-state index in [1.807, 2.05) is 49.4 Å². The number of aryl methyl sites for hydroxylation is 1. The van der Waals surface area contributed by atoms with E-state index < -0.39 is 12.1 Å². The molecule has 3 amide bonds. The lowest BCUT2D eigenvalue weighted by molar-refractivity contribution is -0.158. The van der Waals surface area contributed by atoms with Gasteiger partial charge in [-0.2, -0.15) is 0 Å². The predicted molar refractivity (Wildman–Crippen MR) is 115 cm³/mol. The van der Waals surface area contributed by atoms with Gasteiger partial charge in [0, 0.05) is 24.5 Å². The largest absolute Gasteiger partial charge is 0.452 e. The van der Waals surface area contributed by atoms with Crippen molar-refractivity contribution in [2.45, 2.75) is 32.8 Å². The van der Waals surface area contributed by atoms with Crippen molar-refractivity contribution in [2.75, 3.05) is 23.7 Å². The van der Waals surface area contributed by atoms with Crippen molar-refractivity contribution in [3.8, 4) is 0 Å². The van der Waals surface area contributed by atoms with E-state index in [0.29, 0.717) is 31.6 Å². The Morgan fingerprint density at radius 3 is 2.17 bits per heavy atom. The van der Waals surface area contributed by atoms with Crippen molar-refractivity contribution >= 4 is 29.3 Å². The normalized spacial score (nSPS) is 15.2. The molecule has 30 heavy (non-hydrogen) atoms. The molecule has 0 unspecified atom stereocenters. The zero-order valence-electron chi connectivity index (χ0n) is 17.3. The number of benzene rings is 2. The molecule has 7 nitrogen and oxygen atoms in total. The summed E-state index contributed by atoms with van der Waals surface area (Å²) in [4.78, 5) is 38.8. The number of esters is 1. The van der Waals surface area contributed by atoms with E-state index in [4.69, 9.17) is 4.74 Å². The average molecular weight is 409 g/mol. The maximum atomic E-state index is 12.5. The molecule has 2 N–H and O–H groups in total. The van der Waals surface area contributed by atoms with Crippen LogP contribution in [0.15, 0.2) is 54.6 Å². The number of nitrogens with zero attached hydrogens (tertiary/aromatic N) is 1. The van der Waals surface area contributed by atoms with Gasteiger partial charge < -0.3 is 20.3 Å². The van der Waals surface area contributed by atoms with Gasteiger partial charge in [0.05, 0.1) is 5.92 Å². The second-order valence-corrected chi connectivity index (χ2v) is 7.49. The van der Waals surface area contributed by atoms with Gasteiger partial charge in [0.2, 0.25) is 0 Å². The highest BCUT2D eigenvalue weighted by Crippen LogP contribution is 2.20. The number of piperidine rings is 1. The minimum Gasteiger partial charge on any atom is -0.452 e. The van der Waals surface area contributed by atoms with Crippen LogP contribution in [0.25, 0.3) is 0 Å². The van der Waals surface area contributed by atoms with Gasteiger partial charge in [0.1, 0.15) is 0 Å². The van der Waals surface area contributed by atoms with E-state index in [-0.39, 0.29) is 17.9 Å². The topological polar surface area (TPSA) is 87.7 Å². The third kappa shape index (κ3) is 5.83. The van der Waals surface area contributed by atoms with Gasteiger partial charge in [-0.1, -0.05) is 35.9 Å². The van der Waals surface area contributed by atoms with Crippen molar-refractivity contribution in [1.29, 1.82) is 0 Å². The van der Waals surface area contributed by atoms with Gasteiger partial charge in [-0.05, 0) is 51.0 Å². The Bertz CT molecular complexity index is 875. The highest BCUT2D eigenvalue weighted by atomic mass is 16.5. The summed E-state index contributed by atoms with van der Waals surface area (Å²) >= 11 is 0. The molecular formula is C23H27N3O4. The molecule has 2 aromatic rings. The van der Waals surface area contributed by atoms with Crippen molar-refractivity contribution in [1.82, 2.24) is 4.90 Å².